The number of nitroso groups, excluding NO2 is 2. The maximum atomic E-state index is 12.9. The van der Waals surface area contributed by atoms with Crippen LogP contribution in [0.2, 0.25) is 0 Å². The molecule has 3 atom stereocenters. The molecule has 40 heavy (non-hydrogen) atoms. The van der Waals surface area contributed by atoms with E-state index in [2.05, 4.69) is 20.6 Å². The lowest BCUT2D eigenvalue weighted by atomic mass is 9.93. The summed E-state index contributed by atoms with van der Waals surface area (Å²) in [5, 5.41) is 8.76. The van der Waals surface area contributed by atoms with Crippen LogP contribution in [0.15, 0.2) is 10.6 Å². The quantitative estimate of drug-likeness (QED) is 0.124. The molecule has 4 N–H and O–H groups in total. The second-order valence-corrected chi connectivity index (χ2v) is 10.9. The number of epoxide rings is 1. The van der Waals surface area contributed by atoms with E-state index in [1.54, 1.807) is 6.92 Å². The molecule has 2 rings (SSSR count). The van der Waals surface area contributed by atoms with Crippen LogP contribution in [0.4, 0.5) is 0 Å². The molecule has 3 unspecified atom stereocenters. The molecule has 222 valence electrons. The molecule has 0 aromatic carbocycles. The number of carbonyl (C=O) groups excluding carboxylic acids is 4. The van der Waals surface area contributed by atoms with Gasteiger partial charge in [-0.3, -0.25) is 14.4 Å². The van der Waals surface area contributed by atoms with Crippen LogP contribution < -0.4 is 16.5 Å². The summed E-state index contributed by atoms with van der Waals surface area (Å²) in [4.78, 5) is 78.7. The number of ketones is 1. The van der Waals surface area contributed by atoms with Gasteiger partial charge < -0.3 is 24.7 Å². The number of hydrogen-bond donors (Lipinski definition) is 3. The van der Waals surface area contributed by atoms with E-state index in [-0.39, 0.29) is 74.7 Å². The summed E-state index contributed by atoms with van der Waals surface area (Å²) in [5.74, 6) is 2.40. The number of amides is 2. The Morgan fingerprint density at radius 2 is 1.57 bits per heavy atom. The van der Waals surface area contributed by atoms with Gasteiger partial charge in [0.25, 0.3) is 18.0 Å². The number of hydrogen-bond acceptors (Lipinski definition) is 11. The highest BCUT2D eigenvalue weighted by Crippen LogP contribution is 2.30. The third-order valence-corrected chi connectivity index (χ3v) is 6.28. The summed E-state index contributed by atoms with van der Waals surface area (Å²) in [5.41, 5.74) is -0.764. The molecule has 0 spiro atoms. The van der Waals surface area contributed by atoms with Gasteiger partial charge in [0.2, 0.25) is 30.5 Å². The molecule has 1 fully saturated rings. The van der Waals surface area contributed by atoms with E-state index >= 15 is 0 Å². The SMILES string of the molecule is CC(C)CC(C(=O)NCC[N+](=O)C(CC(C)C)C(=O)C1(C)CO1)[N+](=O)CCNC(=O)Cc1cc(C(=O)ON)on1. The summed E-state index contributed by atoms with van der Waals surface area (Å²) in [6, 6.07) is -0.708. The van der Waals surface area contributed by atoms with Gasteiger partial charge in [0.05, 0.1) is 31.8 Å². The molecule has 0 aliphatic carbocycles. The van der Waals surface area contributed by atoms with Crippen LogP contribution in [0.3, 0.4) is 0 Å². The zero-order valence-electron chi connectivity index (χ0n) is 23.6. The topological polar surface area (TPSA) is 206 Å². The lowest BCUT2D eigenvalue weighted by Crippen LogP contribution is -2.47. The van der Waals surface area contributed by atoms with Crippen molar-refractivity contribution in [2.45, 2.75) is 71.6 Å². The Labute approximate surface area is 231 Å². The summed E-state index contributed by atoms with van der Waals surface area (Å²) in [7, 11) is 0. The Balaban J connectivity index is 1.85. The van der Waals surface area contributed by atoms with Crippen LogP contribution in [-0.2, 0) is 30.4 Å². The first-order valence-corrected chi connectivity index (χ1v) is 13.2. The third-order valence-electron chi connectivity index (χ3n) is 6.28. The molecule has 15 nitrogen and oxygen atoms in total. The van der Waals surface area contributed by atoms with Crippen molar-refractivity contribution in [3.63, 3.8) is 0 Å². The molecule has 2 heterocycles. The highest BCUT2D eigenvalue weighted by atomic mass is 16.7. The van der Waals surface area contributed by atoms with Crippen molar-refractivity contribution in [2.24, 2.45) is 17.7 Å². The highest BCUT2D eigenvalue weighted by molar-refractivity contribution is 5.92. The van der Waals surface area contributed by atoms with Gasteiger partial charge >= 0.3 is 5.97 Å². The van der Waals surface area contributed by atoms with Gasteiger partial charge in [-0.1, -0.05) is 32.9 Å². The maximum absolute atomic E-state index is 12.9. The van der Waals surface area contributed by atoms with Crippen molar-refractivity contribution in [2.75, 3.05) is 32.8 Å². The normalized spacial score (nSPS) is 17.7. The smallest absolute Gasteiger partial charge is 0.367 e. The molecule has 0 saturated carbocycles. The minimum atomic E-state index is -1.04. The fourth-order valence-electron chi connectivity index (χ4n) is 4.01. The summed E-state index contributed by atoms with van der Waals surface area (Å²) in [6.07, 6.45) is 0.407. The van der Waals surface area contributed by atoms with E-state index in [0.717, 1.165) is 0 Å². The monoisotopic (exact) mass is 568 g/mol. The van der Waals surface area contributed by atoms with Crippen LogP contribution in [0.5, 0.6) is 0 Å². The van der Waals surface area contributed by atoms with Gasteiger partial charge in [-0.2, -0.15) is 5.90 Å². The number of nitrogens with one attached hydrogen (secondary N) is 2. The molecule has 0 radical (unpaired) electrons. The molecule has 1 saturated heterocycles. The van der Waals surface area contributed by atoms with Crippen LogP contribution in [0.25, 0.3) is 0 Å². The minimum Gasteiger partial charge on any atom is -0.367 e. The van der Waals surface area contributed by atoms with Gasteiger partial charge in [0.1, 0.15) is 0 Å². The largest absolute Gasteiger partial charge is 0.395 e. The Hall–Kier alpha value is -3.59. The maximum Gasteiger partial charge on any atom is 0.395 e. The Bertz CT molecular complexity index is 1100. The molecule has 1 aromatic rings. The van der Waals surface area contributed by atoms with E-state index in [1.165, 1.54) is 6.07 Å². The molecular formula is C25H40N6O9+2. The second kappa shape index (κ2) is 14.7. The predicted octanol–water partition coefficient (Wildman–Crippen LogP) is 0.225. The number of rotatable bonds is 18. The molecule has 15 heteroatoms. The number of carbonyl (C=O) groups is 4. The number of ether oxygens (including phenoxy) is 1. The van der Waals surface area contributed by atoms with Gasteiger partial charge in [0, 0.05) is 38.2 Å². The number of aromatic nitrogens is 1. The Morgan fingerprint density at radius 1 is 1.02 bits per heavy atom. The lowest BCUT2D eigenvalue weighted by Gasteiger charge is -2.14. The first-order chi connectivity index (χ1) is 18.8. The third kappa shape index (κ3) is 9.86. The zero-order valence-corrected chi connectivity index (χ0v) is 23.6. The van der Waals surface area contributed by atoms with E-state index < -0.39 is 35.5 Å². The summed E-state index contributed by atoms with van der Waals surface area (Å²) in [6.45, 7) is 9.12. The van der Waals surface area contributed by atoms with Crippen LogP contribution >= 0.6 is 0 Å². The van der Waals surface area contributed by atoms with Crippen LogP contribution in [-0.4, -0.2) is 88.7 Å². The summed E-state index contributed by atoms with van der Waals surface area (Å²) >= 11 is 0. The number of Topliss-reactive ketones (excluding diaryl/α,β-unsaturated/α-hetero) is 1. The van der Waals surface area contributed by atoms with E-state index in [1.807, 2.05) is 27.7 Å². The Kier molecular flexibility index (Phi) is 12.0. The van der Waals surface area contributed by atoms with Crippen LogP contribution in [0, 0.1) is 21.6 Å². The van der Waals surface area contributed by atoms with Crippen molar-refractivity contribution in [3.8, 4) is 0 Å². The lowest BCUT2D eigenvalue weighted by molar-refractivity contribution is -0.575. The zero-order chi connectivity index (χ0) is 30.0. The first kappa shape index (κ1) is 32.6. The summed E-state index contributed by atoms with van der Waals surface area (Å²) < 4.78 is 11.2. The van der Waals surface area contributed by atoms with E-state index in [4.69, 9.17) is 15.2 Å². The predicted molar refractivity (Wildman–Crippen MR) is 139 cm³/mol. The van der Waals surface area contributed by atoms with Crippen molar-refractivity contribution in [1.82, 2.24) is 15.8 Å². The van der Waals surface area contributed by atoms with Crippen molar-refractivity contribution in [3.05, 3.63) is 27.3 Å². The van der Waals surface area contributed by atoms with Gasteiger partial charge in [0.15, 0.2) is 5.60 Å². The number of nitrogens with zero attached hydrogens (tertiary/aromatic N) is 3. The standard InChI is InChI=1S/C25H38N6O9/c1-15(2)10-18(22(33)25(5)14-38-25)30(36)9-7-28-23(34)19(11-16(3)4)31(37)8-6-27-21(32)13-17-12-20(40-29-17)24(35)39-26/h12,15-16,18-19H,6-11,13-14,26H2,1-5H3/p+2. The fraction of sp³-hybridized carbons (Fsp3) is 0.720. The van der Waals surface area contributed by atoms with Crippen molar-refractivity contribution < 1.29 is 42.8 Å². The Morgan fingerprint density at radius 3 is 2.12 bits per heavy atom. The van der Waals surface area contributed by atoms with Crippen LogP contribution in [0.1, 0.15) is 63.7 Å². The number of nitrogens with two attached hydrogens (primary N) is 1. The average molecular weight is 569 g/mol. The molecular weight excluding hydrogens is 528 g/mol. The van der Waals surface area contributed by atoms with E-state index in [9.17, 15) is 29.0 Å². The van der Waals surface area contributed by atoms with Gasteiger partial charge in [-0.05, 0) is 18.8 Å². The first-order valence-electron chi connectivity index (χ1n) is 13.2. The van der Waals surface area contributed by atoms with Crippen molar-refractivity contribution in [1.29, 1.82) is 0 Å². The second-order valence-electron chi connectivity index (χ2n) is 10.9. The van der Waals surface area contributed by atoms with Gasteiger partial charge in [-0.25, -0.2) is 4.79 Å². The molecule has 1 aromatic heterocycles. The van der Waals surface area contributed by atoms with E-state index in [0.29, 0.717) is 15.9 Å². The average Bonchev–Trinajstić information content (AvgIpc) is 3.47. The highest BCUT2D eigenvalue weighted by Gasteiger charge is 2.54. The van der Waals surface area contributed by atoms with Gasteiger partial charge in [-0.15, -0.1) is 0 Å². The van der Waals surface area contributed by atoms with Crippen molar-refractivity contribution >= 4 is 23.6 Å². The molecule has 1 aliphatic rings. The fourth-order valence-corrected chi connectivity index (χ4v) is 4.01. The molecule has 2 amide bonds. The molecule has 1 aliphatic heterocycles. The molecule has 0 bridgehead atoms. The minimum absolute atomic E-state index is 0.0201.